The number of hydrogen-bond acceptors (Lipinski definition) is 3. The minimum absolute atomic E-state index is 0.0308. The number of nitro groups is 1. The van der Waals surface area contributed by atoms with Crippen molar-refractivity contribution in [1.29, 1.82) is 0 Å². The van der Waals surface area contributed by atoms with Gasteiger partial charge in [-0.1, -0.05) is 25.1 Å². The quantitative estimate of drug-likeness (QED) is 0.628. The number of fused-ring (bicyclic) bond motifs is 1. The van der Waals surface area contributed by atoms with Gasteiger partial charge in [0.1, 0.15) is 0 Å². The summed E-state index contributed by atoms with van der Waals surface area (Å²) in [4.78, 5) is 23.1. The van der Waals surface area contributed by atoms with Gasteiger partial charge in [0.05, 0.1) is 11.0 Å². The van der Waals surface area contributed by atoms with Crippen molar-refractivity contribution >= 4 is 11.6 Å². The molecule has 0 saturated heterocycles. The molecule has 0 radical (unpaired) electrons. The average molecular weight is 352 g/mol. The molecule has 26 heavy (non-hydrogen) atoms. The molecule has 1 unspecified atom stereocenters. The molecule has 0 heterocycles. The van der Waals surface area contributed by atoms with Crippen molar-refractivity contribution in [3.05, 3.63) is 74.3 Å². The zero-order chi connectivity index (χ0) is 18.7. The SMILES string of the molecule is CCC(NC(=O)c1ccc([N+](=O)[O-])c(C)c1)c1ccc2c(c1)CCCC2. The third-order valence-electron chi connectivity index (χ3n) is 5.14. The summed E-state index contributed by atoms with van der Waals surface area (Å²) in [6.07, 6.45) is 5.51. The van der Waals surface area contributed by atoms with Crippen molar-refractivity contribution in [3.63, 3.8) is 0 Å². The lowest BCUT2D eigenvalue weighted by molar-refractivity contribution is -0.385. The van der Waals surface area contributed by atoms with Crippen molar-refractivity contribution < 1.29 is 9.72 Å². The summed E-state index contributed by atoms with van der Waals surface area (Å²) in [6.45, 7) is 3.70. The Hall–Kier alpha value is -2.69. The Balaban J connectivity index is 1.78. The van der Waals surface area contributed by atoms with Crippen LogP contribution in [0.4, 0.5) is 5.69 Å². The second kappa shape index (κ2) is 7.68. The minimum Gasteiger partial charge on any atom is -0.345 e. The fraction of sp³-hybridized carbons (Fsp3) is 0.381. The molecular weight excluding hydrogens is 328 g/mol. The summed E-state index contributed by atoms with van der Waals surface area (Å²) >= 11 is 0. The number of amides is 1. The Bertz CT molecular complexity index is 845. The lowest BCUT2D eigenvalue weighted by Crippen LogP contribution is -2.28. The molecule has 1 N–H and O–H groups in total. The predicted molar refractivity (Wildman–Crippen MR) is 101 cm³/mol. The number of carbonyl (C=O) groups excluding carboxylic acids is 1. The van der Waals surface area contributed by atoms with E-state index in [9.17, 15) is 14.9 Å². The highest BCUT2D eigenvalue weighted by Gasteiger charge is 2.18. The lowest BCUT2D eigenvalue weighted by Gasteiger charge is -2.22. The Morgan fingerprint density at radius 2 is 1.88 bits per heavy atom. The first-order chi connectivity index (χ1) is 12.5. The normalized spacial score (nSPS) is 14.4. The average Bonchev–Trinajstić information content (AvgIpc) is 2.65. The number of nitrogens with zero attached hydrogens (tertiary/aromatic N) is 1. The predicted octanol–water partition coefficient (Wildman–Crippen LogP) is 4.66. The Labute approximate surface area is 153 Å². The molecule has 5 heteroatoms. The topological polar surface area (TPSA) is 72.2 Å². The molecule has 5 nitrogen and oxygen atoms in total. The molecule has 0 spiro atoms. The van der Waals surface area contributed by atoms with Gasteiger partial charge in [-0.3, -0.25) is 14.9 Å². The maximum absolute atomic E-state index is 12.6. The summed E-state index contributed by atoms with van der Waals surface area (Å²) < 4.78 is 0. The summed E-state index contributed by atoms with van der Waals surface area (Å²) in [6, 6.07) is 10.9. The summed E-state index contributed by atoms with van der Waals surface area (Å²) in [5, 5.41) is 14.0. The van der Waals surface area contributed by atoms with E-state index < -0.39 is 4.92 Å². The molecular formula is C21H24N2O3. The monoisotopic (exact) mass is 352 g/mol. The maximum atomic E-state index is 12.6. The van der Waals surface area contributed by atoms with Gasteiger partial charge in [0, 0.05) is 17.2 Å². The molecule has 136 valence electrons. The molecule has 1 amide bonds. The van der Waals surface area contributed by atoms with Gasteiger partial charge in [-0.15, -0.1) is 0 Å². The van der Waals surface area contributed by atoms with Gasteiger partial charge in [-0.25, -0.2) is 0 Å². The largest absolute Gasteiger partial charge is 0.345 e. The molecule has 3 rings (SSSR count). The highest BCUT2D eigenvalue weighted by molar-refractivity contribution is 5.95. The number of benzene rings is 2. The van der Waals surface area contributed by atoms with E-state index in [4.69, 9.17) is 0 Å². The van der Waals surface area contributed by atoms with Crippen LogP contribution in [0.3, 0.4) is 0 Å². The molecule has 0 aromatic heterocycles. The van der Waals surface area contributed by atoms with Gasteiger partial charge in [0.2, 0.25) is 0 Å². The molecule has 0 fully saturated rings. The third-order valence-corrected chi connectivity index (χ3v) is 5.14. The molecule has 1 aliphatic carbocycles. The van der Waals surface area contributed by atoms with Gasteiger partial charge >= 0.3 is 0 Å². The molecule has 0 saturated carbocycles. The highest BCUT2D eigenvalue weighted by atomic mass is 16.6. The van der Waals surface area contributed by atoms with Crippen LogP contribution in [0, 0.1) is 17.0 Å². The van der Waals surface area contributed by atoms with Gasteiger partial charge in [0.25, 0.3) is 11.6 Å². The number of aryl methyl sites for hydroxylation is 3. The maximum Gasteiger partial charge on any atom is 0.272 e. The first-order valence-corrected chi connectivity index (χ1v) is 9.17. The Morgan fingerprint density at radius 1 is 1.15 bits per heavy atom. The Kier molecular flexibility index (Phi) is 5.35. The minimum atomic E-state index is -0.432. The van der Waals surface area contributed by atoms with E-state index in [1.807, 2.05) is 6.92 Å². The number of hydrogen-bond donors (Lipinski definition) is 1. The number of rotatable bonds is 5. The Morgan fingerprint density at radius 3 is 2.54 bits per heavy atom. The van der Waals surface area contributed by atoms with Crippen molar-refractivity contribution in [3.8, 4) is 0 Å². The molecule has 2 aromatic carbocycles. The smallest absolute Gasteiger partial charge is 0.272 e. The summed E-state index contributed by atoms with van der Waals surface area (Å²) in [5.74, 6) is -0.201. The van der Waals surface area contributed by atoms with Gasteiger partial charge in [0.15, 0.2) is 0 Å². The zero-order valence-electron chi connectivity index (χ0n) is 15.2. The van der Waals surface area contributed by atoms with Crippen molar-refractivity contribution in [2.75, 3.05) is 0 Å². The number of carbonyl (C=O) groups is 1. The molecule has 0 bridgehead atoms. The summed E-state index contributed by atoms with van der Waals surface area (Å²) in [5.41, 5.74) is 4.91. The number of nitrogens with one attached hydrogen (secondary N) is 1. The van der Waals surface area contributed by atoms with Crippen molar-refractivity contribution in [1.82, 2.24) is 5.32 Å². The molecule has 0 aliphatic heterocycles. The van der Waals surface area contributed by atoms with Crippen LogP contribution >= 0.6 is 0 Å². The highest BCUT2D eigenvalue weighted by Crippen LogP contribution is 2.26. The van der Waals surface area contributed by atoms with Crippen molar-refractivity contribution in [2.24, 2.45) is 0 Å². The van der Waals surface area contributed by atoms with Crippen LogP contribution in [0.1, 0.15) is 64.8 Å². The van der Waals surface area contributed by atoms with Crippen LogP contribution in [0.25, 0.3) is 0 Å². The van der Waals surface area contributed by atoms with Crippen LogP contribution in [-0.4, -0.2) is 10.8 Å². The second-order valence-electron chi connectivity index (χ2n) is 6.93. The van der Waals surface area contributed by atoms with E-state index in [-0.39, 0.29) is 17.6 Å². The first-order valence-electron chi connectivity index (χ1n) is 9.17. The molecule has 1 aliphatic rings. The van der Waals surface area contributed by atoms with Crippen LogP contribution in [0.5, 0.6) is 0 Å². The molecule has 2 aromatic rings. The standard InChI is InChI=1S/C21H24N2O3/c1-3-19(17-9-8-15-6-4-5-7-16(15)13-17)22-21(24)18-10-11-20(23(25)26)14(2)12-18/h8-13,19H,3-7H2,1-2H3,(H,22,24). The zero-order valence-corrected chi connectivity index (χ0v) is 15.2. The van der Waals surface area contributed by atoms with Crippen molar-refractivity contribution in [2.45, 2.75) is 52.0 Å². The van der Waals surface area contributed by atoms with Crippen LogP contribution in [0.15, 0.2) is 36.4 Å². The second-order valence-corrected chi connectivity index (χ2v) is 6.93. The number of nitro benzene ring substituents is 1. The fourth-order valence-corrected chi connectivity index (χ4v) is 3.63. The van der Waals surface area contributed by atoms with E-state index in [1.54, 1.807) is 13.0 Å². The third kappa shape index (κ3) is 3.77. The van der Waals surface area contributed by atoms with E-state index in [2.05, 4.69) is 23.5 Å². The first kappa shape index (κ1) is 18.1. The van der Waals surface area contributed by atoms with Crippen LogP contribution < -0.4 is 5.32 Å². The van der Waals surface area contributed by atoms with Gasteiger partial charge in [-0.05, 0) is 67.9 Å². The van der Waals surface area contributed by atoms with E-state index in [0.29, 0.717) is 11.1 Å². The summed E-state index contributed by atoms with van der Waals surface area (Å²) in [7, 11) is 0. The van der Waals surface area contributed by atoms with E-state index in [1.165, 1.54) is 36.1 Å². The van der Waals surface area contributed by atoms with E-state index >= 15 is 0 Å². The lowest BCUT2D eigenvalue weighted by atomic mass is 9.88. The van der Waals surface area contributed by atoms with Crippen LogP contribution in [-0.2, 0) is 12.8 Å². The fourth-order valence-electron chi connectivity index (χ4n) is 3.63. The van der Waals surface area contributed by atoms with E-state index in [0.717, 1.165) is 24.8 Å². The molecule has 1 atom stereocenters. The van der Waals surface area contributed by atoms with Gasteiger partial charge in [-0.2, -0.15) is 0 Å². The van der Waals surface area contributed by atoms with Crippen LogP contribution in [0.2, 0.25) is 0 Å². The van der Waals surface area contributed by atoms with Gasteiger partial charge < -0.3 is 5.32 Å².